The van der Waals surface area contributed by atoms with Crippen LogP contribution in [0.25, 0.3) is 0 Å². The molecule has 1 saturated carbocycles. The van der Waals surface area contributed by atoms with Gasteiger partial charge >= 0.3 is 6.18 Å². The molecule has 1 nitrogen and oxygen atoms in total. The fourth-order valence-corrected chi connectivity index (χ4v) is 1.40. The summed E-state index contributed by atoms with van der Waals surface area (Å²) in [6, 6.07) is 0. The average Bonchev–Trinajstić information content (AvgIpc) is 2.67. The molecule has 0 amide bonds. The number of aliphatic hydroxyl groups is 1. The van der Waals surface area contributed by atoms with Gasteiger partial charge in [0.15, 0.2) is 0 Å². The van der Waals surface area contributed by atoms with Crippen LogP contribution in [0.2, 0.25) is 5.21 Å². The third-order valence-electron chi connectivity index (χ3n) is 2.42. The smallest absolute Gasteiger partial charge is 0.394 e. The van der Waals surface area contributed by atoms with E-state index in [1.165, 1.54) is 0 Å². The highest BCUT2D eigenvalue weighted by atomic mass is 19.4. The Morgan fingerprint density at radius 3 is 1.92 bits per heavy atom. The van der Waals surface area contributed by atoms with Crippen LogP contribution in [0.3, 0.4) is 0 Å². The van der Waals surface area contributed by atoms with Crippen LogP contribution in [0, 0.1) is 5.41 Å². The van der Waals surface area contributed by atoms with Gasteiger partial charge in [0.1, 0.15) is 0 Å². The Morgan fingerprint density at radius 1 is 1.23 bits per heavy atom. The molecule has 1 aliphatic rings. The van der Waals surface area contributed by atoms with E-state index in [2.05, 4.69) is 0 Å². The number of rotatable bonds is 3. The maximum atomic E-state index is 12.4. The predicted molar refractivity (Wildman–Crippen MR) is 43.6 cm³/mol. The standard InChI is InChI=1S/C7H9B2F3O/c8-6(9,4-13)3-5(1-2-5)7(10,11)12/h13H,1-4H2. The van der Waals surface area contributed by atoms with Gasteiger partial charge in [0.2, 0.25) is 0 Å². The normalized spacial score (nSPS) is 21.5. The largest absolute Gasteiger partial charge is 0.397 e. The van der Waals surface area contributed by atoms with Crippen molar-refractivity contribution in [3.05, 3.63) is 0 Å². The zero-order valence-corrected chi connectivity index (χ0v) is 7.06. The maximum absolute atomic E-state index is 12.4. The number of halogens is 3. The lowest BCUT2D eigenvalue weighted by Crippen LogP contribution is -2.32. The van der Waals surface area contributed by atoms with E-state index in [1.807, 2.05) is 0 Å². The Labute approximate surface area is 77.5 Å². The molecule has 0 aromatic heterocycles. The van der Waals surface area contributed by atoms with Gasteiger partial charge in [0.05, 0.1) is 21.1 Å². The number of hydrogen-bond donors (Lipinski definition) is 1. The van der Waals surface area contributed by atoms with E-state index in [9.17, 15) is 13.2 Å². The Bertz CT molecular complexity index is 198. The first-order valence-electron chi connectivity index (χ1n) is 3.98. The van der Waals surface area contributed by atoms with E-state index >= 15 is 0 Å². The monoisotopic (exact) mass is 188 g/mol. The topological polar surface area (TPSA) is 20.2 Å². The number of alkyl halides is 3. The molecule has 0 spiro atoms. The number of hydrogen-bond acceptors (Lipinski definition) is 1. The highest BCUT2D eigenvalue weighted by Gasteiger charge is 2.63. The van der Waals surface area contributed by atoms with E-state index < -0.39 is 29.8 Å². The molecule has 1 fully saturated rings. The molecule has 0 unspecified atom stereocenters. The van der Waals surface area contributed by atoms with Gasteiger partial charge in [-0.3, -0.25) is 0 Å². The molecule has 0 aliphatic heterocycles. The second-order valence-corrected chi connectivity index (χ2v) is 3.85. The summed E-state index contributed by atoms with van der Waals surface area (Å²) in [5, 5.41) is 7.01. The van der Waals surface area contributed by atoms with Gasteiger partial charge in [-0.1, -0.05) is 5.21 Å². The Balaban J connectivity index is 2.64. The van der Waals surface area contributed by atoms with Crippen LogP contribution >= 0.6 is 0 Å². The highest BCUT2D eigenvalue weighted by Crippen LogP contribution is 2.63. The third kappa shape index (κ3) is 2.22. The molecule has 6 heteroatoms. The Kier molecular flexibility index (Phi) is 2.48. The van der Waals surface area contributed by atoms with E-state index in [0.717, 1.165) is 0 Å². The molecular formula is C7H9B2F3O. The van der Waals surface area contributed by atoms with Crippen LogP contribution in [0.5, 0.6) is 0 Å². The minimum absolute atomic E-state index is 0.0622. The van der Waals surface area contributed by atoms with Crippen molar-refractivity contribution < 1.29 is 18.3 Å². The summed E-state index contributed by atoms with van der Waals surface area (Å²) in [4.78, 5) is 0. The second-order valence-electron chi connectivity index (χ2n) is 3.85. The van der Waals surface area contributed by atoms with E-state index in [-0.39, 0.29) is 12.8 Å². The number of aliphatic hydroxyl groups excluding tert-OH is 1. The summed E-state index contributed by atoms with van der Waals surface area (Å²) in [6.07, 6.45) is -4.54. The highest BCUT2D eigenvalue weighted by molar-refractivity contribution is 6.39. The van der Waals surface area contributed by atoms with Gasteiger partial charge in [-0.25, -0.2) is 0 Å². The minimum atomic E-state index is -4.26. The lowest BCUT2D eigenvalue weighted by atomic mass is 9.51. The van der Waals surface area contributed by atoms with E-state index in [1.54, 1.807) is 0 Å². The van der Waals surface area contributed by atoms with Crippen molar-refractivity contribution in [1.29, 1.82) is 0 Å². The van der Waals surface area contributed by atoms with Crippen molar-refractivity contribution in [2.45, 2.75) is 30.7 Å². The zero-order chi connectivity index (χ0) is 10.3. The first-order valence-corrected chi connectivity index (χ1v) is 3.98. The van der Waals surface area contributed by atoms with Gasteiger partial charge in [-0.15, -0.1) is 0 Å². The summed E-state index contributed by atoms with van der Waals surface area (Å²) >= 11 is 0. The molecule has 0 aromatic carbocycles. The summed E-state index contributed by atoms with van der Waals surface area (Å²) in [7, 11) is 10.5. The van der Waals surface area contributed by atoms with Crippen LogP contribution < -0.4 is 0 Å². The van der Waals surface area contributed by atoms with Gasteiger partial charge in [-0.2, -0.15) is 13.2 Å². The first kappa shape index (κ1) is 11.0. The summed E-state index contributed by atoms with van der Waals surface area (Å²) in [5.41, 5.74) is -1.74. The molecular weight excluding hydrogens is 179 g/mol. The summed E-state index contributed by atoms with van der Waals surface area (Å²) in [5.74, 6) is 0. The maximum Gasteiger partial charge on any atom is 0.394 e. The van der Waals surface area contributed by atoms with Gasteiger partial charge < -0.3 is 5.11 Å². The molecule has 1 rings (SSSR count). The fourth-order valence-electron chi connectivity index (χ4n) is 1.40. The fraction of sp³-hybridized carbons (Fsp3) is 1.00. The van der Waals surface area contributed by atoms with Crippen molar-refractivity contribution >= 4 is 15.7 Å². The van der Waals surface area contributed by atoms with Gasteiger partial charge in [0.25, 0.3) is 0 Å². The van der Waals surface area contributed by atoms with Crippen LogP contribution in [0.1, 0.15) is 19.3 Å². The van der Waals surface area contributed by atoms with Gasteiger partial charge in [0, 0.05) is 6.61 Å². The molecule has 0 heterocycles. The molecule has 0 atom stereocenters. The predicted octanol–water partition coefficient (Wildman–Crippen LogP) is 1.16. The quantitative estimate of drug-likeness (QED) is 0.658. The minimum Gasteiger partial charge on any atom is -0.397 e. The van der Waals surface area contributed by atoms with Crippen molar-refractivity contribution in [3.63, 3.8) is 0 Å². The van der Waals surface area contributed by atoms with Crippen LogP contribution in [0.4, 0.5) is 13.2 Å². The summed E-state index contributed by atoms with van der Waals surface area (Å²) in [6.45, 7) is -0.634. The zero-order valence-electron chi connectivity index (χ0n) is 7.06. The molecule has 1 aliphatic carbocycles. The molecule has 70 valence electrons. The Morgan fingerprint density at radius 2 is 1.69 bits per heavy atom. The molecule has 0 saturated heterocycles. The molecule has 0 bridgehead atoms. The SMILES string of the molecule is [B]C([B])(CO)CC1(C(F)(F)F)CC1. The lowest BCUT2D eigenvalue weighted by Gasteiger charge is -2.30. The molecule has 4 radical (unpaired) electrons. The second kappa shape index (κ2) is 2.94. The molecule has 1 N–H and O–H groups in total. The van der Waals surface area contributed by atoms with Crippen molar-refractivity contribution in [1.82, 2.24) is 0 Å². The lowest BCUT2D eigenvalue weighted by molar-refractivity contribution is -0.190. The van der Waals surface area contributed by atoms with Crippen LogP contribution in [-0.2, 0) is 0 Å². The molecule has 0 aromatic rings. The van der Waals surface area contributed by atoms with Gasteiger partial charge in [-0.05, 0) is 19.3 Å². The van der Waals surface area contributed by atoms with E-state index in [0.29, 0.717) is 0 Å². The molecule has 13 heavy (non-hydrogen) atoms. The van der Waals surface area contributed by atoms with Crippen molar-refractivity contribution in [2.24, 2.45) is 5.41 Å². The van der Waals surface area contributed by atoms with Crippen LogP contribution in [-0.4, -0.2) is 33.6 Å². The first-order chi connectivity index (χ1) is 5.72. The van der Waals surface area contributed by atoms with Crippen LogP contribution in [0.15, 0.2) is 0 Å². The van der Waals surface area contributed by atoms with E-state index in [4.69, 9.17) is 20.8 Å². The van der Waals surface area contributed by atoms with Crippen molar-refractivity contribution in [3.8, 4) is 0 Å². The Hall–Kier alpha value is -0.120. The summed E-state index contributed by atoms with van der Waals surface area (Å²) < 4.78 is 37.1. The third-order valence-corrected chi connectivity index (χ3v) is 2.42. The van der Waals surface area contributed by atoms with Crippen molar-refractivity contribution in [2.75, 3.05) is 6.61 Å². The average molecular weight is 188 g/mol.